The lowest BCUT2D eigenvalue weighted by Gasteiger charge is -2.11. The van der Waals surface area contributed by atoms with Gasteiger partial charge < -0.3 is 20.3 Å². The number of pyridine rings is 2. The van der Waals surface area contributed by atoms with Crippen molar-refractivity contribution < 1.29 is 24.5 Å². The molecule has 0 aliphatic heterocycles. The lowest BCUT2D eigenvalue weighted by Crippen LogP contribution is -2.35. The van der Waals surface area contributed by atoms with Crippen molar-refractivity contribution >= 4 is 22.9 Å². The number of nitrogens with zero attached hydrogens (tertiary/aromatic N) is 2. The van der Waals surface area contributed by atoms with Crippen molar-refractivity contribution in [3.8, 4) is 11.6 Å². The smallest absolute Gasteiger partial charge is 0.322 e. The van der Waals surface area contributed by atoms with Crippen molar-refractivity contribution in [2.45, 2.75) is 0 Å². The number of hydrogen-bond acceptors (Lipinski definition) is 6. The Balaban J connectivity index is 2.64. The van der Waals surface area contributed by atoms with Gasteiger partial charge in [0.25, 0.3) is 11.5 Å². The van der Waals surface area contributed by atoms with Crippen LogP contribution in [0.4, 0.5) is 0 Å². The highest BCUT2D eigenvalue weighted by atomic mass is 16.5. The molecule has 0 aromatic carbocycles. The van der Waals surface area contributed by atoms with E-state index in [-0.39, 0.29) is 16.9 Å². The third-order valence-electron chi connectivity index (χ3n) is 3.01. The summed E-state index contributed by atoms with van der Waals surface area (Å²) >= 11 is 0. The Bertz CT molecular complexity index is 827. The molecule has 0 unspecified atom stereocenters. The maximum atomic E-state index is 12.2. The summed E-state index contributed by atoms with van der Waals surface area (Å²) in [5.74, 6) is -2.56. The van der Waals surface area contributed by atoms with Gasteiger partial charge in [0.05, 0.1) is 12.5 Å². The number of ether oxygens (including phenoxy) is 1. The van der Waals surface area contributed by atoms with E-state index in [1.807, 2.05) is 5.32 Å². The predicted octanol–water partition coefficient (Wildman–Crippen LogP) is -0.538. The normalized spacial score (nSPS) is 10.5. The van der Waals surface area contributed by atoms with Crippen molar-refractivity contribution in [3.05, 3.63) is 28.0 Å². The van der Waals surface area contributed by atoms with E-state index in [1.165, 1.54) is 26.3 Å². The van der Waals surface area contributed by atoms with Gasteiger partial charge in [0, 0.05) is 13.1 Å². The Morgan fingerprint density at radius 1 is 1.41 bits per heavy atom. The SMILES string of the molecule is COc1ccc2c(O)c(C(=O)NCC(=O)O)c(=O)n(C)c2n1. The molecule has 0 aliphatic carbocycles. The van der Waals surface area contributed by atoms with Crippen LogP contribution in [0.2, 0.25) is 0 Å². The lowest BCUT2D eigenvalue weighted by molar-refractivity contribution is -0.135. The highest BCUT2D eigenvalue weighted by molar-refractivity contribution is 6.02. The first-order valence-corrected chi connectivity index (χ1v) is 6.13. The highest BCUT2D eigenvalue weighted by Crippen LogP contribution is 2.26. The van der Waals surface area contributed by atoms with E-state index in [1.54, 1.807) is 0 Å². The van der Waals surface area contributed by atoms with Gasteiger partial charge in [-0.3, -0.25) is 19.0 Å². The number of carbonyl (C=O) groups excluding carboxylic acids is 1. The number of hydrogen-bond donors (Lipinski definition) is 3. The number of aryl methyl sites for hydroxylation is 1. The largest absolute Gasteiger partial charge is 0.506 e. The number of aromatic nitrogens is 2. The first-order chi connectivity index (χ1) is 10.4. The van der Waals surface area contributed by atoms with Crippen LogP contribution in [-0.4, -0.2) is 45.3 Å². The summed E-state index contributed by atoms with van der Waals surface area (Å²) in [5.41, 5.74) is -1.20. The van der Waals surface area contributed by atoms with Crippen molar-refractivity contribution in [1.29, 1.82) is 0 Å². The molecular weight excluding hydrogens is 294 g/mol. The summed E-state index contributed by atoms with van der Waals surface area (Å²) in [5, 5.41) is 20.9. The molecule has 0 spiro atoms. The number of carbonyl (C=O) groups is 2. The van der Waals surface area contributed by atoms with Crippen LogP contribution in [0.1, 0.15) is 10.4 Å². The third-order valence-corrected chi connectivity index (χ3v) is 3.01. The molecule has 2 aromatic heterocycles. The molecule has 22 heavy (non-hydrogen) atoms. The van der Waals surface area contributed by atoms with Crippen LogP contribution >= 0.6 is 0 Å². The van der Waals surface area contributed by atoms with Gasteiger partial charge in [0.2, 0.25) is 5.88 Å². The summed E-state index contributed by atoms with van der Waals surface area (Å²) in [6.45, 7) is -0.666. The van der Waals surface area contributed by atoms with E-state index in [2.05, 4.69) is 4.98 Å². The molecule has 0 radical (unpaired) electrons. The van der Waals surface area contributed by atoms with Gasteiger partial charge in [-0.25, -0.2) is 0 Å². The number of rotatable bonds is 4. The molecular formula is C13H13N3O6. The number of amides is 1. The molecule has 2 rings (SSSR count). The molecule has 3 N–H and O–H groups in total. The Labute approximate surface area is 123 Å². The molecule has 2 aromatic rings. The van der Waals surface area contributed by atoms with Gasteiger partial charge in [-0.15, -0.1) is 0 Å². The summed E-state index contributed by atoms with van der Waals surface area (Å²) < 4.78 is 6.02. The number of carboxylic acids is 1. The second-order valence-corrected chi connectivity index (χ2v) is 4.39. The van der Waals surface area contributed by atoms with Gasteiger partial charge >= 0.3 is 5.97 Å². The number of aromatic hydroxyl groups is 1. The van der Waals surface area contributed by atoms with Gasteiger partial charge in [-0.2, -0.15) is 4.98 Å². The molecule has 0 aliphatic rings. The zero-order valence-corrected chi connectivity index (χ0v) is 11.8. The Kier molecular flexibility index (Phi) is 3.97. The molecule has 0 bridgehead atoms. The van der Waals surface area contributed by atoms with Crippen molar-refractivity contribution in [3.63, 3.8) is 0 Å². The number of methoxy groups -OCH3 is 1. The monoisotopic (exact) mass is 307 g/mol. The fraction of sp³-hybridized carbons (Fsp3) is 0.231. The fourth-order valence-electron chi connectivity index (χ4n) is 1.93. The second kappa shape index (κ2) is 5.72. The average molecular weight is 307 g/mol. The molecule has 9 nitrogen and oxygen atoms in total. The van der Waals surface area contributed by atoms with Crippen LogP contribution in [0, 0.1) is 0 Å². The van der Waals surface area contributed by atoms with E-state index < -0.39 is 35.3 Å². The van der Waals surface area contributed by atoms with Crippen LogP contribution in [0.15, 0.2) is 16.9 Å². The minimum Gasteiger partial charge on any atom is -0.506 e. The van der Waals surface area contributed by atoms with Gasteiger partial charge in [-0.1, -0.05) is 0 Å². The Morgan fingerprint density at radius 2 is 2.09 bits per heavy atom. The maximum Gasteiger partial charge on any atom is 0.322 e. The first-order valence-electron chi connectivity index (χ1n) is 6.13. The van der Waals surface area contributed by atoms with Gasteiger partial charge in [-0.05, 0) is 6.07 Å². The van der Waals surface area contributed by atoms with Crippen LogP contribution in [0.25, 0.3) is 11.0 Å². The van der Waals surface area contributed by atoms with E-state index in [9.17, 15) is 19.5 Å². The zero-order chi connectivity index (χ0) is 16.4. The van der Waals surface area contributed by atoms with Crippen molar-refractivity contribution in [2.24, 2.45) is 7.05 Å². The summed E-state index contributed by atoms with van der Waals surface area (Å²) in [4.78, 5) is 38.6. The summed E-state index contributed by atoms with van der Waals surface area (Å²) in [7, 11) is 2.78. The molecule has 0 fully saturated rings. The number of carboxylic acid groups (broad SMARTS) is 1. The molecule has 9 heteroatoms. The van der Waals surface area contributed by atoms with Crippen LogP contribution in [0.5, 0.6) is 11.6 Å². The van der Waals surface area contributed by atoms with Gasteiger partial charge in [0.1, 0.15) is 23.5 Å². The van der Waals surface area contributed by atoms with E-state index in [0.717, 1.165) is 4.57 Å². The molecule has 0 saturated carbocycles. The lowest BCUT2D eigenvalue weighted by atomic mass is 10.1. The fourth-order valence-corrected chi connectivity index (χ4v) is 1.93. The van der Waals surface area contributed by atoms with Crippen LogP contribution in [0.3, 0.4) is 0 Å². The first kappa shape index (κ1) is 15.3. The van der Waals surface area contributed by atoms with Gasteiger partial charge in [0.15, 0.2) is 0 Å². The molecule has 0 atom stereocenters. The second-order valence-electron chi connectivity index (χ2n) is 4.39. The zero-order valence-electron chi connectivity index (χ0n) is 11.8. The number of nitrogens with one attached hydrogen (secondary N) is 1. The van der Waals surface area contributed by atoms with E-state index in [0.29, 0.717) is 0 Å². The predicted molar refractivity (Wildman–Crippen MR) is 75.2 cm³/mol. The Morgan fingerprint density at radius 3 is 2.68 bits per heavy atom. The van der Waals surface area contributed by atoms with Crippen LogP contribution in [-0.2, 0) is 11.8 Å². The molecule has 116 valence electrons. The topological polar surface area (TPSA) is 131 Å². The van der Waals surface area contributed by atoms with E-state index in [4.69, 9.17) is 9.84 Å². The van der Waals surface area contributed by atoms with E-state index >= 15 is 0 Å². The van der Waals surface area contributed by atoms with Crippen molar-refractivity contribution in [1.82, 2.24) is 14.9 Å². The number of fused-ring (bicyclic) bond motifs is 1. The van der Waals surface area contributed by atoms with Crippen molar-refractivity contribution in [2.75, 3.05) is 13.7 Å². The minimum absolute atomic E-state index is 0.136. The average Bonchev–Trinajstić information content (AvgIpc) is 2.50. The summed E-state index contributed by atoms with van der Waals surface area (Å²) in [6.07, 6.45) is 0. The Hall–Kier alpha value is -3.10. The number of aliphatic carboxylic acids is 1. The van der Waals surface area contributed by atoms with Crippen LogP contribution < -0.4 is 15.6 Å². The minimum atomic E-state index is -1.27. The molecule has 1 amide bonds. The maximum absolute atomic E-state index is 12.2. The third kappa shape index (κ3) is 2.55. The molecule has 2 heterocycles. The highest BCUT2D eigenvalue weighted by Gasteiger charge is 2.22. The quantitative estimate of drug-likeness (QED) is 0.691. The standard InChI is InChI=1S/C13H13N3O6/c1-16-11-6(3-4-7(15-11)22-2)10(19)9(13(16)21)12(20)14-5-8(17)18/h3-4,19H,5H2,1-2H3,(H,14,20)(H,17,18). The summed E-state index contributed by atoms with van der Waals surface area (Å²) in [6, 6.07) is 2.91. The molecule has 0 saturated heterocycles.